The van der Waals surface area contributed by atoms with Crippen molar-refractivity contribution in [3.63, 3.8) is 0 Å². The van der Waals surface area contributed by atoms with E-state index in [0.29, 0.717) is 22.0 Å². The minimum absolute atomic E-state index is 0.192. The van der Waals surface area contributed by atoms with Gasteiger partial charge in [-0.1, -0.05) is 43.3 Å². The lowest BCUT2D eigenvalue weighted by molar-refractivity contribution is -0.137. The Morgan fingerprint density at radius 1 is 1.00 bits per heavy atom. The predicted octanol–water partition coefficient (Wildman–Crippen LogP) is 3.45. The molecule has 0 atom stereocenters. The summed E-state index contributed by atoms with van der Waals surface area (Å²) in [5.74, 6) is 1.55. The number of fused-ring (bicyclic) bond motifs is 1. The van der Waals surface area contributed by atoms with Gasteiger partial charge < -0.3 is 9.47 Å². The summed E-state index contributed by atoms with van der Waals surface area (Å²) in [5.41, 5.74) is 2.09. The van der Waals surface area contributed by atoms with Crippen LogP contribution in [0.2, 0.25) is 0 Å². The Kier molecular flexibility index (Phi) is 4.42. The van der Waals surface area contributed by atoms with Gasteiger partial charge in [-0.15, -0.1) is 11.8 Å². The van der Waals surface area contributed by atoms with Crippen molar-refractivity contribution < 1.29 is 19.1 Å². The predicted molar refractivity (Wildman–Crippen MR) is 99.6 cm³/mol. The van der Waals surface area contributed by atoms with Crippen LogP contribution < -0.4 is 9.47 Å². The van der Waals surface area contributed by atoms with Gasteiger partial charge in [-0.2, -0.15) is 0 Å². The molecule has 2 amide bonds. The average molecular weight is 367 g/mol. The van der Waals surface area contributed by atoms with Gasteiger partial charge >= 0.3 is 0 Å². The number of amides is 2. The second-order valence-electron chi connectivity index (χ2n) is 5.89. The van der Waals surface area contributed by atoms with Crippen molar-refractivity contribution in [2.24, 2.45) is 0 Å². The molecule has 0 fully saturated rings. The Balaban J connectivity index is 1.65. The molecule has 5 nitrogen and oxygen atoms in total. The van der Waals surface area contributed by atoms with Gasteiger partial charge in [0.05, 0.1) is 17.0 Å². The van der Waals surface area contributed by atoms with Crippen LogP contribution in [0.5, 0.6) is 11.5 Å². The van der Waals surface area contributed by atoms with Crippen LogP contribution in [0, 0.1) is 0 Å². The lowest BCUT2D eigenvalue weighted by Gasteiger charge is -2.15. The molecule has 2 aromatic rings. The lowest BCUT2D eigenvalue weighted by Crippen LogP contribution is -2.30. The first-order chi connectivity index (χ1) is 12.7. The van der Waals surface area contributed by atoms with Gasteiger partial charge in [-0.3, -0.25) is 14.5 Å². The lowest BCUT2D eigenvalue weighted by atomic mass is 10.1. The minimum atomic E-state index is -0.255. The monoisotopic (exact) mass is 367 g/mol. The Morgan fingerprint density at radius 2 is 1.77 bits per heavy atom. The van der Waals surface area contributed by atoms with E-state index in [9.17, 15) is 9.59 Å². The van der Waals surface area contributed by atoms with Crippen LogP contribution in [0.1, 0.15) is 18.1 Å². The van der Waals surface area contributed by atoms with Crippen molar-refractivity contribution in [1.29, 1.82) is 0 Å². The maximum absolute atomic E-state index is 13.0. The molecule has 0 saturated heterocycles. The van der Waals surface area contributed by atoms with E-state index in [1.807, 2.05) is 49.4 Å². The third kappa shape index (κ3) is 2.86. The normalized spacial score (nSPS) is 16.0. The maximum atomic E-state index is 13.0. The SMILES string of the molecule is CCSC1=C(c2ccccc2)C(=O)N(Cc2ccc3c(c2)OCO3)C1=O. The van der Waals surface area contributed by atoms with E-state index in [4.69, 9.17) is 9.47 Å². The first-order valence-electron chi connectivity index (χ1n) is 8.36. The maximum Gasteiger partial charge on any atom is 0.268 e. The summed E-state index contributed by atoms with van der Waals surface area (Å²) in [7, 11) is 0. The van der Waals surface area contributed by atoms with E-state index in [1.165, 1.54) is 16.7 Å². The van der Waals surface area contributed by atoms with E-state index in [-0.39, 0.29) is 25.2 Å². The zero-order valence-electron chi connectivity index (χ0n) is 14.2. The molecule has 2 aliphatic heterocycles. The summed E-state index contributed by atoms with van der Waals surface area (Å²) in [5, 5.41) is 0. The van der Waals surface area contributed by atoms with Crippen LogP contribution in [0.4, 0.5) is 0 Å². The number of thioether (sulfide) groups is 1. The van der Waals surface area contributed by atoms with E-state index < -0.39 is 0 Å². The zero-order chi connectivity index (χ0) is 18.1. The number of ether oxygens (including phenoxy) is 2. The fourth-order valence-corrected chi connectivity index (χ4v) is 3.93. The second-order valence-corrected chi connectivity index (χ2v) is 7.16. The molecule has 0 radical (unpaired) electrons. The van der Waals surface area contributed by atoms with Gasteiger partial charge in [-0.25, -0.2) is 0 Å². The third-order valence-electron chi connectivity index (χ3n) is 4.25. The Labute approximate surface area is 155 Å². The zero-order valence-corrected chi connectivity index (χ0v) is 15.0. The van der Waals surface area contributed by atoms with Crippen LogP contribution in [-0.2, 0) is 16.1 Å². The van der Waals surface area contributed by atoms with Gasteiger partial charge in [0.1, 0.15) is 0 Å². The van der Waals surface area contributed by atoms with Crippen molar-refractivity contribution in [3.8, 4) is 11.5 Å². The van der Waals surface area contributed by atoms with Crippen molar-refractivity contribution in [2.45, 2.75) is 13.5 Å². The van der Waals surface area contributed by atoms with Crippen LogP contribution >= 0.6 is 11.8 Å². The van der Waals surface area contributed by atoms with Crippen LogP contribution in [0.25, 0.3) is 5.57 Å². The number of carbonyl (C=O) groups is 2. The molecule has 0 aromatic heterocycles. The van der Waals surface area contributed by atoms with Gasteiger partial charge in [0.25, 0.3) is 11.8 Å². The molecule has 132 valence electrons. The van der Waals surface area contributed by atoms with Crippen molar-refractivity contribution in [2.75, 3.05) is 12.5 Å². The van der Waals surface area contributed by atoms with Crippen molar-refractivity contribution in [1.82, 2.24) is 4.90 Å². The molecule has 2 heterocycles. The summed E-state index contributed by atoms with van der Waals surface area (Å²) in [6.45, 7) is 2.37. The molecule has 0 bridgehead atoms. The van der Waals surface area contributed by atoms with Gasteiger partial charge in [0, 0.05) is 0 Å². The Morgan fingerprint density at radius 3 is 2.54 bits per heavy atom. The van der Waals surface area contributed by atoms with Gasteiger partial charge in [0.15, 0.2) is 11.5 Å². The molecule has 0 N–H and O–H groups in total. The number of imide groups is 1. The first kappa shape index (κ1) is 16.7. The highest BCUT2D eigenvalue weighted by Gasteiger charge is 2.38. The van der Waals surface area contributed by atoms with E-state index in [2.05, 4.69) is 0 Å². The van der Waals surface area contributed by atoms with Crippen molar-refractivity contribution in [3.05, 3.63) is 64.6 Å². The summed E-state index contributed by atoms with van der Waals surface area (Å²) >= 11 is 1.41. The fraction of sp³-hybridized carbons (Fsp3) is 0.200. The number of carbonyl (C=O) groups excluding carboxylic acids is 2. The van der Waals surface area contributed by atoms with Gasteiger partial charge in [-0.05, 0) is 29.0 Å². The van der Waals surface area contributed by atoms with E-state index >= 15 is 0 Å². The second kappa shape index (κ2) is 6.88. The molecule has 2 aliphatic rings. The number of benzene rings is 2. The van der Waals surface area contributed by atoms with Crippen LogP contribution in [0.3, 0.4) is 0 Å². The standard InChI is InChI=1S/C20H17NO4S/c1-2-26-18-17(14-6-4-3-5-7-14)19(22)21(20(18)23)11-13-8-9-15-16(10-13)25-12-24-15/h3-10H,2,11-12H2,1H3. The molecule has 6 heteroatoms. The van der Waals surface area contributed by atoms with Crippen molar-refractivity contribution >= 4 is 29.1 Å². The molecular weight excluding hydrogens is 350 g/mol. The molecule has 4 rings (SSSR count). The summed E-state index contributed by atoms with van der Waals surface area (Å²) in [4.78, 5) is 27.7. The van der Waals surface area contributed by atoms with Crippen LogP contribution in [-0.4, -0.2) is 29.3 Å². The highest BCUT2D eigenvalue weighted by atomic mass is 32.2. The molecular formula is C20H17NO4S. The third-order valence-corrected chi connectivity index (χ3v) is 5.21. The smallest absolute Gasteiger partial charge is 0.268 e. The minimum Gasteiger partial charge on any atom is -0.454 e. The molecule has 0 aliphatic carbocycles. The highest BCUT2D eigenvalue weighted by Crippen LogP contribution is 2.38. The quantitative estimate of drug-likeness (QED) is 0.758. The number of hydrogen-bond donors (Lipinski definition) is 0. The molecule has 0 spiro atoms. The first-order valence-corrected chi connectivity index (χ1v) is 9.35. The number of rotatable bonds is 5. The number of hydrogen-bond acceptors (Lipinski definition) is 5. The Hall–Kier alpha value is -2.73. The summed E-state index contributed by atoms with van der Waals surface area (Å²) in [6.07, 6.45) is 0. The van der Waals surface area contributed by atoms with E-state index in [1.54, 1.807) is 6.07 Å². The largest absolute Gasteiger partial charge is 0.454 e. The topological polar surface area (TPSA) is 55.8 Å². The molecule has 26 heavy (non-hydrogen) atoms. The van der Waals surface area contributed by atoms with E-state index in [0.717, 1.165) is 16.9 Å². The molecule has 2 aromatic carbocycles. The Bertz CT molecular complexity index is 907. The summed E-state index contributed by atoms with van der Waals surface area (Å²) < 4.78 is 10.7. The van der Waals surface area contributed by atoms with Crippen LogP contribution in [0.15, 0.2) is 53.4 Å². The number of nitrogens with zero attached hydrogens (tertiary/aromatic N) is 1. The fourth-order valence-electron chi connectivity index (χ4n) is 3.06. The highest BCUT2D eigenvalue weighted by molar-refractivity contribution is 8.04. The summed E-state index contributed by atoms with van der Waals surface area (Å²) in [6, 6.07) is 14.8. The molecule has 0 saturated carbocycles. The van der Waals surface area contributed by atoms with Gasteiger partial charge in [0.2, 0.25) is 6.79 Å². The molecule has 0 unspecified atom stereocenters. The average Bonchev–Trinajstić information content (AvgIpc) is 3.21.